The Bertz CT molecular complexity index is 3070. The highest BCUT2D eigenvalue weighted by atomic mass is 15.2. The molecular weight excluding hydrogens is 669 g/mol. The highest BCUT2D eigenvalue weighted by Crippen LogP contribution is 2.50. The van der Waals surface area contributed by atoms with Crippen molar-refractivity contribution in [1.82, 2.24) is 14.5 Å². The highest BCUT2D eigenvalue weighted by molar-refractivity contribution is 6.21. The van der Waals surface area contributed by atoms with Crippen LogP contribution < -0.4 is 4.90 Å². The maximum atomic E-state index is 5.41. The van der Waals surface area contributed by atoms with E-state index in [1.54, 1.807) is 0 Å². The topological polar surface area (TPSA) is 34.0 Å². The van der Waals surface area contributed by atoms with Crippen LogP contribution in [0, 0.1) is 0 Å². The lowest BCUT2D eigenvalue weighted by Gasteiger charge is -2.30. The number of rotatable bonds is 5. The van der Waals surface area contributed by atoms with Crippen molar-refractivity contribution in [2.45, 2.75) is 32.1 Å². The van der Waals surface area contributed by atoms with E-state index in [9.17, 15) is 0 Å². The van der Waals surface area contributed by atoms with Crippen LogP contribution in [-0.2, 0) is 5.41 Å². The number of aromatic nitrogens is 3. The molecule has 0 N–H and O–H groups in total. The van der Waals surface area contributed by atoms with Crippen LogP contribution in [0.3, 0.4) is 0 Å². The second kappa shape index (κ2) is 12.1. The van der Waals surface area contributed by atoms with Crippen molar-refractivity contribution >= 4 is 54.9 Å². The first-order valence-electron chi connectivity index (χ1n) is 19.2. The summed E-state index contributed by atoms with van der Waals surface area (Å²) in [6.45, 7) is 4.71. The van der Waals surface area contributed by atoms with Crippen LogP contribution >= 0.6 is 0 Å². The zero-order valence-corrected chi connectivity index (χ0v) is 30.9. The van der Waals surface area contributed by atoms with Gasteiger partial charge in [0.05, 0.1) is 22.2 Å². The Morgan fingerprint density at radius 2 is 1.33 bits per heavy atom. The molecule has 11 rings (SSSR count). The Morgan fingerprint density at radius 1 is 0.582 bits per heavy atom. The zero-order valence-electron chi connectivity index (χ0n) is 30.9. The van der Waals surface area contributed by atoms with Gasteiger partial charge in [-0.3, -0.25) is 4.57 Å². The smallest absolute Gasteiger partial charge is 0.235 e. The summed E-state index contributed by atoms with van der Waals surface area (Å²) in [7, 11) is 0. The molecule has 2 aromatic heterocycles. The largest absolute Gasteiger partial charge is 0.311 e. The highest BCUT2D eigenvalue weighted by Gasteiger charge is 2.36. The third kappa shape index (κ3) is 4.84. The van der Waals surface area contributed by atoms with Crippen molar-refractivity contribution < 1.29 is 0 Å². The van der Waals surface area contributed by atoms with E-state index >= 15 is 0 Å². The fourth-order valence-corrected chi connectivity index (χ4v) is 9.15. The van der Waals surface area contributed by atoms with E-state index in [0.29, 0.717) is 5.95 Å². The van der Waals surface area contributed by atoms with E-state index in [1.165, 1.54) is 49.5 Å². The first-order valence-corrected chi connectivity index (χ1v) is 19.2. The fraction of sp³-hybridized carbons (Fsp3) is 0.0980. The molecule has 0 bridgehead atoms. The maximum Gasteiger partial charge on any atom is 0.235 e. The van der Waals surface area contributed by atoms with Gasteiger partial charge in [0.1, 0.15) is 0 Å². The summed E-state index contributed by atoms with van der Waals surface area (Å²) in [6.07, 6.45) is 9.01. The predicted octanol–water partition coefficient (Wildman–Crippen LogP) is 13.2. The summed E-state index contributed by atoms with van der Waals surface area (Å²) in [5.41, 5.74) is 13.8. The standard InChI is InChI=1S/C51H38N4/c1-51(2)43-23-13-11-21-39(43)40-28-26-36(31-44(40)51)54(35-18-7-4-8-19-35)37-27-29-42-47(32-37)55(46-30-25-33-15-9-10-20-38(33)48(42)46)50-52-45-24-14-12-22-41(45)49(53-50)34-16-5-3-6-17-34/h3,5-7,9-32H,4,8H2,1-2H3. The van der Waals surface area contributed by atoms with Gasteiger partial charge in [-0.05, 0) is 88.3 Å². The molecule has 0 saturated heterocycles. The summed E-state index contributed by atoms with van der Waals surface area (Å²) in [5, 5.41) is 5.85. The molecule has 4 heteroatoms. The normalized spacial score (nSPS) is 14.4. The van der Waals surface area contributed by atoms with Crippen molar-refractivity contribution in [2.24, 2.45) is 0 Å². The summed E-state index contributed by atoms with van der Waals surface area (Å²) in [4.78, 5) is 13.1. The molecule has 2 heterocycles. The average molecular weight is 707 g/mol. The Kier molecular flexibility index (Phi) is 6.99. The van der Waals surface area contributed by atoms with Crippen LogP contribution in [0.1, 0.15) is 37.8 Å². The van der Waals surface area contributed by atoms with E-state index in [1.807, 2.05) is 0 Å². The van der Waals surface area contributed by atoms with Crippen molar-refractivity contribution in [3.8, 4) is 28.3 Å². The molecule has 0 unspecified atom stereocenters. The minimum atomic E-state index is -0.105. The molecule has 262 valence electrons. The minimum absolute atomic E-state index is 0.105. The van der Waals surface area contributed by atoms with E-state index in [2.05, 4.69) is 193 Å². The summed E-state index contributed by atoms with van der Waals surface area (Å²) in [6, 6.07) is 54.8. The number of allylic oxidation sites excluding steroid dienone is 3. The number of anilines is 2. The van der Waals surface area contributed by atoms with Gasteiger partial charge in [-0.2, -0.15) is 0 Å². The van der Waals surface area contributed by atoms with Crippen molar-refractivity contribution in [3.05, 3.63) is 187 Å². The van der Waals surface area contributed by atoms with Crippen LogP contribution in [0.15, 0.2) is 176 Å². The molecule has 0 radical (unpaired) electrons. The molecule has 7 aromatic carbocycles. The molecule has 0 saturated carbocycles. The monoisotopic (exact) mass is 706 g/mol. The predicted molar refractivity (Wildman–Crippen MR) is 229 cm³/mol. The molecule has 0 fully saturated rings. The summed E-state index contributed by atoms with van der Waals surface area (Å²) in [5.74, 6) is 0.658. The number of para-hydroxylation sites is 1. The first-order chi connectivity index (χ1) is 27.0. The maximum absolute atomic E-state index is 5.41. The second-order valence-corrected chi connectivity index (χ2v) is 15.3. The third-order valence-electron chi connectivity index (χ3n) is 11.8. The molecule has 0 spiro atoms. The average Bonchev–Trinajstić information content (AvgIpc) is 3.69. The van der Waals surface area contributed by atoms with Crippen molar-refractivity contribution in [3.63, 3.8) is 0 Å². The van der Waals surface area contributed by atoms with E-state index in [-0.39, 0.29) is 5.41 Å². The number of hydrogen-bond acceptors (Lipinski definition) is 3. The van der Waals surface area contributed by atoms with Crippen LogP contribution in [0.2, 0.25) is 0 Å². The van der Waals surface area contributed by atoms with Gasteiger partial charge >= 0.3 is 0 Å². The Hall–Kier alpha value is -6.78. The van der Waals surface area contributed by atoms with Crippen LogP contribution in [0.25, 0.3) is 71.8 Å². The number of benzene rings is 7. The van der Waals surface area contributed by atoms with Gasteiger partial charge in [0, 0.05) is 44.2 Å². The summed E-state index contributed by atoms with van der Waals surface area (Å²) >= 11 is 0. The molecule has 55 heavy (non-hydrogen) atoms. The number of nitrogens with zero attached hydrogens (tertiary/aromatic N) is 4. The van der Waals surface area contributed by atoms with Gasteiger partial charge < -0.3 is 4.90 Å². The number of fused-ring (bicyclic) bond motifs is 9. The SMILES string of the molecule is CC1(C)c2ccccc2-c2ccc(N(C3=CCCC=C3)c3ccc4c5c6ccccc6ccc5n(-c5nc(-c6ccccc6)c6ccccc6n5)c4c3)cc21. The fourth-order valence-electron chi connectivity index (χ4n) is 9.15. The lowest BCUT2D eigenvalue weighted by Crippen LogP contribution is -2.19. The van der Waals surface area contributed by atoms with E-state index in [4.69, 9.17) is 9.97 Å². The second-order valence-electron chi connectivity index (χ2n) is 15.3. The van der Waals surface area contributed by atoms with E-state index < -0.39 is 0 Å². The molecule has 9 aromatic rings. The Morgan fingerprint density at radius 3 is 2.20 bits per heavy atom. The first kappa shape index (κ1) is 31.7. The lowest BCUT2D eigenvalue weighted by atomic mass is 9.82. The van der Waals surface area contributed by atoms with Gasteiger partial charge in [-0.15, -0.1) is 0 Å². The molecular formula is C51H38N4. The zero-order chi connectivity index (χ0) is 36.7. The summed E-state index contributed by atoms with van der Waals surface area (Å²) < 4.78 is 2.28. The van der Waals surface area contributed by atoms with Gasteiger partial charge in [-0.1, -0.05) is 141 Å². The number of hydrogen-bond donors (Lipinski definition) is 0. The van der Waals surface area contributed by atoms with Crippen molar-refractivity contribution in [1.29, 1.82) is 0 Å². The molecule has 4 nitrogen and oxygen atoms in total. The molecule has 2 aliphatic rings. The molecule has 2 aliphatic carbocycles. The third-order valence-corrected chi connectivity index (χ3v) is 11.8. The van der Waals surface area contributed by atoms with Crippen LogP contribution in [-0.4, -0.2) is 14.5 Å². The molecule has 0 atom stereocenters. The molecule has 0 amide bonds. The molecule has 0 aliphatic heterocycles. The van der Waals surface area contributed by atoms with Gasteiger partial charge in [0.2, 0.25) is 5.95 Å². The van der Waals surface area contributed by atoms with Gasteiger partial charge in [-0.25, -0.2) is 9.97 Å². The lowest BCUT2D eigenvalue weighted by molar-refractivity contribution is 0.660. The van der Waals surface area contributed by atoms with Crippen LogP contribution in [0.4, 0.5) is 11.4 Å². The van der Waals surface area contributed by atoms with Crippen LogP contribution in [0.5, 0.6) is 0 Å². The van der Waals surface area contributed by atoms with Gasteiger partial charge in [0.15, 0.2) is 0 Å². The van der Waals surface area contributed by atoms with E-state index in [0.717, 1.165) is 57.4 Å². The quantitative estimate of drug-likeness (QED) is 0.179. The Labute approximate surface area is 320 Å². The van der Waals surface area contributed by atoms with Gasteiger partial charge in [0.25, 0.3) is 0 Å². The Balaban J connectivity index is 1.19. The van der Waals surface area contributed by atoms with Crippen molar-refractivity contribution in [2.75, 3.05) is 4.90 Å². The minimum Gasteiger partial charge on any atom is -0.311 e.